The summed E-state index contributed by atoms with van der Waals surface area (Å²) >= 11 is 0. The zero-order valence-corrected chi connectivity index (χ0v) is 10.6. The molecule has 0 radical (unpaired) electrons. The molecule has 0 unspecified atom stereocenters. The number of fused-ring (bicyclic) bond motifs is 1. The van der Waals surface area contributed by atoms with Crippen LogP contribution in [0.1, 0.15) is 34.3 Å². The quantitative estimate of drug-likeness (QED) is 0.726. The van der Waals surface area contributed by atoms with Crippen molar-refractivity contribution in [3.63, 3.8) is 0 Å². The predicted molar refractivity (Wildman–Crippen MR) is 73.9 cm³/mol. The third-order valence-electron chi connectivity index (χ3n) is 3.61. The van der Waals surface area contributed by atoms with Gasteiger partial charge in [0.15, 0.2) is 5.78 Å². The van der Waals surface area contributed by atoms with Crippen molar-refractivity contribution in [3.05, 3.63) is 59.2 Å². The standard InChI is InChI=1S/C17H16O/c1-12-4-2-5-13(10-12)14-8-9-16-15(11-14)6-3-7-17(16)18/h2,4-5,8-11H,3,6-7H2,1H3. The maximum absolute atomic E-state index is 11.8. The Morgan fingerprint density at radius 1 is 0.944 bits per heavy atom. The van der Waals surface area contributed by atoms with Gasteiger partial charge in [-0.25, -0.2) is 0 Å². The van der Waals surface area contributed by atoms with Gasteiger partial charge < -0.3 is 0 Å². The minimum atomic E-state index is 0.298. The van der Waals surface area contributed by atoms with E-state index in [2.05, 4.69) is 43.3 Å². The summed E-state index contributed by atoms with van der Waals surface area (Å²) in [4.78, 5) is 11.8. The van der Waals surface area contributed by atoms with Gasteiger partial charge in [-0.05, 0) is 36.5 Å². The minimum Gasteiger partial charge on any atom is -0.294 e. The first-order chi connectivity index (χ1) is 8.74. The second-order valence-corrected chi connectivity index (χ2v) is 5.02. The minimum absolute atomic E-state index is 0.298. The van der Waals surface area contributed by atoms with Crippen LogP contribution in [0.4, 0.5) is 0 Å². The maximum atomic E-state index is 11.8. The molecule has 3 rings (SSSR count). The highest BCUT2D eigenvalue weighted by Gasteiger charge is 2.17. The lowest BCUT2D eigenvalue weighted by molar-refractivity contribution is 0.0972. The van der Waals surface area contributed by atoms with E-state index in [1.807, 2.05) is 6.07 Å². The van der Waals surface area contributed by atoms with Crippen LogP contribution in [0.3, 0.4) is 0 Å². The summed E-state index contributed by atoms with van der Waals surface area (Å²) < 4.78 is 0. The van der Waals surface area contributed by atoms with Crippen LogP contribution in [-0.4, -0.2) is 5.78 Å². The van der Waals surface area contributed by atoms with Gasteiger partial charge in [0.2, 0.25) is 0 Å². The highest BCUT2D eigenvalue weighted by atomic mass is 16.1. The normalized spacial score (nSPS) is 14.4. The molecule has 0 amide bonds. The van der Waals surface area contributed by atoms with E-state index in [-0.39, 0.29) is 0 Å². The van der Waals surface area contributed by atoms with Gasteiger partial charge >= 0.3 is 0 Å². The molecule has 0 fully saturated rings. The smallest absolute Gasteiger partial charge is 0.163 e. The fraction of sp³-hybridized carbons (Fsp3) is 0.235. The molecule has 0 spiro atoms. The molecule has 0 N–H and O–H groups in total. The number of aryl methyl sites for hydroxylation is 2. The fourth-order valence-corrected chi connectivity index (χ4v) is 2.65. The van der Waals surface area contributed by atoms with Gasteiger partial charge in [0.25, 0.3) is 0 Å². The monoisotopic (exact) mass is 236 g/mol. The zero-order valence-electron chi connectivity index (χ0n) is 10.6. The van der Waals surface area contributed by atoms with Crippen molar-refractivity contribution < 1.29 is 4.79 Å². The van der Waals surface area contributed by atoms with Crippen LogP contribution in [0.2, 0.25) is 0 Å². The Labute approximate surface area is 107 Å². The molecule has 0 aromatic heterocycles. The third kappa shape index (κ3) is 1.97. The third-order valence-corrected chi connectivity index (χ3v) is 3.61. The lowest BCUT2D eigenvalue weighted by atomic mass is 9.88. The van der Waals surface area contributed by atoms with E-state index in [9.17, 15) is 4.79 Å². The van der Waals surface area contributed by atoms with E-state index in [1.165, 1.54) is 22.3 Å². The summed E-state index contributed by atoms with van der Waals surface area (Å²) in [5.74, 6) is 0.298. The zero-order chi connectivity index (χ0) is 12.5. The van der Waals surface area contributed by atoms with Crippen LogP contribution < -0.4 is 0 Å². The lowest BCUT2D eigenvalue weighted by Gasteiger charge is -2.15. The van der Waals surface area contributed by atoms with Crippen molar-refractivity contribution in [2.45, 2.75) is 26.2 Å². The summed E-state index contributed by atoms with van der Waals surface area (Å²) in [7, 11) is 0. The molecular weight excluding hydrogens is 220 g/mol. The Morgan fingerprint density at radius 2 is 1.78 bits per heavy atom. The summed E-state index contributed by atoms with van der Waals surface area (Å²) in [6.07, 6.45) is 2.72. The molecule has 2 aromatic carbocycles. The summed E-state index contributed by atoms with van der Waals surface area (Å²) in [6, 6.07) is 14.7. The Kier molecular flexibility index (Phi) is 2.75. The molecule has 1 aliphatic rings. The maximum Gasteiger partial charge on any atom is 0.163 e. The van der Waals surface area contributed by atoms with Gasteiger partial charge in [0.05, 0.1) is 0 Å². The fourth-order valence-electron chi connectivity index (χ4n) is 2.65. The van der Waals surface area contributed by atoms with Crippen molar-refractivity contribution in [3.8, 4) is 11.1 Å². The van der Waals surface area contributed by atoms with E-state index in [0.717, 1.165) is 18.4 Å². The molecule has 0 atom stereocenters. The van der Waals surface area contributed by atoms with Gasteiger partial charge in [0, 0.05) is 12.0 Å². The van der Waals surface area contributed by atoms with E-state index < -0.39 is 0 Å². The van der Waals surface area contributed by atoms with Gasteiger partial charge in [-0.3, -0.25) is 4.79 Å². The topological polar surface area (TPSA) is 17.1 Å². The van der Waals surface area contributed by atoms with Crippen molar-refractivity contribution >= 4 is 5.78 Å². The van der Waals surface area contributed by atoms with Crippen LogP contribution in [0.15, 0.2) is 42.5 Å². The molecule has 2 aromatic rings. The number of carbonyl (C=O) groups is 1. The van der Waals surface area contributed by atoms with Crippen LogP contribution in [0.5, 0.6) is 0 Å². The Morgan fingerprint density at radius 3 is 2.61 bits per heavy atom. The highest BCUT2D eigenvalue weighted by molar-refractivity contribution is 5.99. The number of ketones is 1. The number of rotatable bonds is 1. The molecular formula is C17H16O. The molecule has 0 bridgehead atoms. The van der Waals surface area contributed by atoms with Crippen LogP contribution in [0, 0.1) is 6.92 Å². The van der Waals surface area contributed by atoms with E-state index in [1.54, 1.807) is 0 Å². The van der Waals surface area contributed by atoms with Gasteiger partial charge in [-0.1, -0.05) is 48.0 Å². The largest absolute Gasteiger partial charge is 0.294 e. The van der Waals surface area contributed by atoms with Crippen LogP contribution in [-0.2, 0) is 6.42 Å². The SMILES string of the molecule is Cc1cccc(-c2ccc3c(c2)CCCC3=O)c1. The van der Waals surface area contributed by atoms with E-state index >= 15 is 0 Å². The Bertz CT molecular complexity index is 611. The van der Waals surface area contributed by atoms with Gasteiger partial charge in [-0.2, -0.15) is 0 Å². The molecule has 1 nitrogen and oxygen atoms in total. The number of hydrogen-bond donors (Lipinski definition) is 0. The predicted octanol–water partition coefficient (Wildman–Crippen LogP) is 4.18. The molecule has 1 heteroatoms. The highest BCUT2D eigenvalue weighted by Crippen LogP contribution is 2.27. The van der Waals surface area contributed by atoms with E-state index in [4.69, 9.17) is 0 Å². The summed E-state index contributed by atoms with van der Waals surface area (Å²) in [5, 5.41) is 0. The number of Topliss-reactive ketones (excluding diaryl/α,β-unsaturated/α-hetero) is 1. The molecule has 1 aliphatic carbocycles. The first-order valence-corrected chi connectivity index (χ1v) is 6.47. The average molecular weight is 236 g/mol. The Balaban J connectivity index is 2.07. The Hall–Kier alpha value is -1.89. The second kappa shape index (κ2) is 4.41. The van der Waals surface area contributed by atoms with E-state index in [0.29, 0.717) is 12.2 Å². The first-order valence-electron chi connectivity index (χ1n) is 6.47. The lowest BCUT2D eigenvalue weighted by Crippen LogP contribution is -2.10. The molecule has 0 saturated heterocycles. The van der Waals surface area contributed by atoms with Crippen molar-refractivity contribution in [1.29, 1.82) is 0 Å². The first kappa shape index (κ1) is 11.2. The molecule has 18 heavy (non-hydrogen) atoms. The summed E-state index contributed by atoms with van der Waals surface area (Å²) in [6.45, 7) is 2.10. The molecule has 0 aliphatic heterocycles. The summed E-state index contributed by atoms with van der Waals surface area (Å²) in [5.41, 5.74) is 5.85. The van der Waals surface area contributed by atoms with Crippen molar-refractivity contribution in [1.82, 2.24) is 0 Å². The van der Waals surface area contributed by atoms with Gasteiger partial charge in [-0.15, -0.1) is 0 Å². The molecule has 0 heterocycles. The number of carbonyl (C=O) groups excluding carboxylic acids is 1. The van der Waals surface area contributed by atoms with Crippen molar-refractivity contribution in [2.75, 3.05) is 0 Å². The second-order valence-electron chi connectivity index (χ2n) is 5.02. The molecule has 0 saturated carbocycles. The number of benzene rings is 2. The average Bonchev–Trinajstić information content (AvgIpc) is 2.39. The van der Waals surface area contributed by atoms with Gasteiger partial charge in [0.1, 0.15) is 0 Å². The van der Waals surface area contributed by atoms with Crippen LogP contribution in [0.25, 0.3) is 11.1 Å². The number of hydrogen-bond acceptors (Lipinski definition) is 1. The van der Waals surface area contributed by atoms with Crippen molar-refractivity contribution in [2.24, 2.45) is 0 Å². The van der Waals surface area contributed by atoms with Crippen LogP contribution >= 0.6 is 0 Å². The molecule has 90 valence electrons.